The van der Waals surface area contributed by atoms with Crippen LogP contribution in [0.2, 0.25) is 10.0 Å². The molecule has 2 aromatic rings. The minimum absolute atomic E-state index is 0.451. The van der Waals surface area contributed by atoms with Crippen LogP contribution < -0.4 is 0 Å². The summed E-state index contributed by atoms with van der Waals surface area (Å²) in [5.74, 6) is 0. The lowest BCUT2D eigenvalue weighted by molar-refractivity contribution is 0.168. The van der Waals surface area contributed by atoms with Gasteiger partial charge >= 0.3 is 0 Å². The Hall–Kier alpha value is -0.540. The number of rotatable bonds is 4. The highest BCUT2D eigenvalue weighted by Gasteiger charge is 2.13. The van der Waals surface area contributed by atoms with Crippen molar-refractivity contribution in [2.45, 2.75) is 18.9 Å². The maximum absolute atomic E-state index is 10.1. The van der Waals surface area contributed by atoms with Gasteiger partial charge in [0.15, 0.2) is 0 Å². The van der Waals surface area contributed by atoms with Crippen LogP contribution in [0.5, 0.6) is 0 Å². The Kier molecular flexibility index (Phi) is 4.46. The molecule has 1 unspecified atom stereocenters. The van der Waals surface area contributed by atoms with Crippen LogP contribution in [0.1, 0.15) is 23.7 Å². The quantitative estimate of drug-likeness (QED) is 0.862. The van der Waals surface area contributed by atoms with Crippen LogP contribution in [-0.2, 0) is 6.42 Å². The van der Waals surface area contributed by atoms with Gasteiger partial charge in [0.25, 0.3) is 0 Å². The second kappa shape index (κ2) is 5.87. The molecule has 1 nitrogen and oxygen atoms in total. The molecule has 1 aromatic carbocycles. The van der Waals surface area contributed by atoms with Crippen LogP contribution in [-0.4, -0.2) is 5.11 Å². The first-order valence-corrected chi connectivity index (χ1v) is 7.01. The summed E-state index contributed by atoms with van der Waals surface area (Å²) in [5, 5.41) is 15.1. The minimum Gasteiger partial charge on any atom is -0.388 e. The van der Waals surface area contributed by atoms with Gasteiger partial charge in [0, 0.05) is 5.56 Å². The number of aryl methyl sites for hydroxylation is 1. The van der Waals surface area contributed by atoms with E-state index >= 15 is 0 Å². The van der Waals surface area contributed by atoms with E-state index in [-0.39, 0.29) is 0 Å². The van der Waals surface area contributed by atoms with E-state index < -0.39 is 6.10 Å². The average molecular weight is 287 g/mol. The van der Waals surface area contributed by atoms with Crippen molar-refractivity contribution in [2.24, 2.45) is 0 Å². The first kappa shape index (κ1) is 12.9. The third-order valence-electron chi connectivity index (χ3n) is 2.63. The van der Waals surface area contributed by atoms with Crippen molar-refractivity contribution in [3.63, 3.8) is 0 Å². The van der Waals surface area contributed by atoms with E-state index in [4.69, 9.17) is 23.2 Å². The molecule has 0 amide bonds. The molecule has 0 fully saturated rings. The molecule has 4 heteroatoms. The summed E-state index contributed by atoms with van der Waals surface area (Å²) in [7, 11) is 0. The van der Waals surface area contributed by atoms with E-state index in [9.17, 15) is 5.11 Å². The Morgan fingerprint density at radius 1 is 1.24 bits per heavy atom. The van der Waals surface area contributed by atoms with Gasteiger partial charge in [0.2, 0.25) is 0 Å². The molecule has 17 heavy (non-hydrogen) atoms. The SMILES string of the molecule is OC(CCc1ccsc1)c1cccc(Cl)c1Cl. The number of hydrogen-bond acceptors (Lipinski definition) is 2. The van der Waals surface area contributed by atoms with E-state index in [2.05, 4.69) is 11.4 Å². The fourth-order valence-corrected chi connectivity index (χ4v) is 2.81. The van der Waals surface area contributed by atoms with Crippen molar-refractivity contribution in [1.82, 2.24) is 0 Å². The third kappa shape index (κ3) is 3.23. The Morgan fingerprint density at radius 3 is 2.76 bits per heavy atom. The number of aliphatic hydroxyl groups is 1. The zero-order valence-electron chi connectivity index (χ0n) is 9.07. The highest BCUT2D eigenvalue weighted by atomic mass is 35.5. The predicted octanol–water partition coefficient (Wildman–Crippen LogP) is 4.72. The van der Waals surface area contributed by atoms with Gasteiger partial charge in [0.1, 0.15) is 0 Å². The van der Waals surface area contributed by atoms with Gasteiger partial charge in [0.05, 0.1) is 16.1 Å². The predicted molar refractivity (Wildman–Crippen MR) is 74.1 cm³/mol. The molecule has 1 atom stereocenters. The second-order valence-electron chi connectivity index (χ2n) is 3.83. The molecule has 0 aliphatic heterocycles. The first-order chi connectivity index (χ1) is 8.18. The summed E-state index contributed by atoms with van der Waals surface area (Å²) >= 11 is 13.6. The van der Waals surface area contributed by atoms with Crippen LogP contribution in [0.4, 0.5) is 0 Å². The van der Waals surface area contributed by atoms with E-state index in [1.807, 2.05) is 11.4 Å². The molecular weight excluding hydrogens is 275 g/mol. The molecule has 1 N–H and O–H groups in total. The lowest BCUT2D eigenvalue weighted by atomic mass is 10.0. The summed E-state index contributed by atoms with van der Waals surface area (Å²) < 4.78 is 0. The summed E-state index contributed by atoms with van der Waals surface area (Å²) in [4.78, 5) is 0. The number of halogens is 2. The molecule has 0 saturated carbocycles. The van der Waals surface area contributed by atoms with Crippen molar-refractivity contribution >= 4 is 34.5 Å². The molecule has 0 spiro atoms. The fraction of sp³-hybridized carbons (Fsp3) is 0.231. The zero-order valence-corrected chi connectivity index (χ0v) is 11.4. The molecule has 0 bridgehead atoms. The van der Waals surface area contributed by atoms with Gasteiger partial charge in [-0.3, -0.25) is 0 Å². The maximum atomic E-state index is 10.1. The third-order valence-corrected chi connectivity index (χ3v) is 4.19. The lowest BCUT2D eigenvalue weighted by Gasteiger charge is -2.12. The molecule has 0 radical (unpaired) electrons. The molecule has 0 aliphatic rings. The van der Waals surface area contributed by atoms with Gasteiger partial charge in [-0.1, -0.05) is 35.3 Å². The number of benzene rings is 1. The number of hydrogen-bond donors (Lipinski definition) is 1. The van der Waals surface area contributed by atoms with Gasteiger partial charge in [-0.2, -0.15) is 11.3 Å². The fourth-order valence-electron chi connectivity index (χ4n) is 1.67. The lowest BCUT2D eigenvalue weighted by Crippen LogP contribution is -2.00. The van der Waals surface area contributed by atoms with Gasteiger partial charge in [-0.05, 0) is 41.3 Å². The number of thiophene rings is 1. The highest BCUT2D eigenvalue weighted by molar-refractivity contribution is 7.07. The average Bonchev–Trinajstić information content (AvgIpc) is 2.82. The molecule has 2 rings (SSSR count). The Labute approximate surface area is 115 Å². The topological polar surface area (TPSA) is 20.2 Å². The standard InChI is InChI=1S/C13H12Cl2OS/c14-11-3-1-2-10(13(11)15)12(16)5-4-9-6-7-17-8-9/h1-3,6-8,12,16H,4-5H2. The van der Waals surface area contributed by atoms with E-state index in [1.165, 1.54) is 5.56 Å². The molecule has 0 aliphatic carbocycles. The summed E-state index contributed by atoms with van der Waals surface area (Å²) in [6.07, 6.45) is 0.922. The van der Waals surface area contributed by atoms with Crippen LogP contribution in [0.15, 0.2) is 35.0 Å². The van der Waals surface area contributed by atoms with Crippen molar-refractivity contribution in [3.05, 3.63) is 56.2 Å². The van der Waals surface area contributed by atoms with E-state index in [0.717, 1.165) is 6.42 Å². The first-order valence-electron chi connectivity index (χ1n) is 5.31. The summed E-state index contributed by atoms with van der Waals surface area (Å²) in [6, 6.07) is 7.40. The van der Waals surface area contributed by atoms with E-state index in [0.29, 0.717) is 22.0 Å². The minimum atomic E-state index is -0.568. The Balaban J connectivity index is 2.04. The van der Waals surface area contributed by atoms with Gasteiger partial charge in [-0.15, -0.1) is 0 Å². The second-order valence-corrected chi connectivity index (χ2v) is 5.39. The van der Waals surface area contributed by atoms with Crippen molar-refractivity contribution in [3.8, 4) is 0 Å². The monoisotopic (exact) mass is 286 g/mol. The van der Waals surface area contributed by atoms with Crippen LogP contribution in [0, 0.1) is 0 Å². The normalized spacial score (nSPS) is 12.6. The molecular formula is C13H12Cl2OS. The van der Waals surface area contributed by atoms with Crippen LogP contribution >= 0.6 is 34.5 Å². The van der Waals surface area contributed by atoms with Crippen LogP contribution in [0.25, 0.3) is 0 Å². The highest BCUT2D eigenvalue weighted by Crippen LogP contribution is 2.31. The Bertz CT molecular complexity index is 482. The van der Waals surface area contributed by atoms with Crippen molar-refractivity contribution in [1.29, 1.82) is 0 Å². The molecule has 1 heterocycles. The zero-order chi connectivity index (χ0) is 12.3. The van der Waals surface area contributed by atoms with Gasteiger partial charge < -0.3 is 5.11 Å². The summed E-state index contributed by atoms with van der Waals surface area (Å²) in [6.45, 7) is 0. The maximum Gasteiger partial charge on any atom is 0.0808 e. The van der Waals surface area contributed by atoms with Crippen molar-refractivity contribution < 1.29 is 5.11 Å². The smallest absolute Gasteiger partial charge is 0.0808 e. The number of aliphatic hydroxyl groups excluding tert-OH is 1. The Morgan fingerprint density at radius 2 is 2.06 bits per heavy atom. The summed E-state index contributed by atoms with van der Waals surface area (Å²) in [5.41, 5.74) is 1.95. The molecule has 90 valence electrons. The van der Waals surface area contributed by atoms with Crippen LogP contribution in [0.3, 0.4) is 0 Å². The van der Waals surface area contributed by atoms with Crippen molar-refractivity contribution in [2.75, 3.05) is 0 Å². The molecule has 0 saturated heterocycles. The molecule has 1 aromatic heterocycles. The largest absolute Gasteiger partial charge is 0.388 e. The van der Waals surface area contributed by atoms with Gasteiger partial charge in [-0.25, -0.2) is 0 Å². The van der Waals surface area contributed by atoms with E-state index in [1.54, 1.807) is 23.5 Å².